The summed E-state index contributed by atoms with van der Waals surface area (Å²) in [5.41, 5.74) is 5.69. The van der Waals surface area contributed by atoms with E-state index in [1.54, 1.807) is 12.3 Å². The number of nitrogens with zero attached hydrogens (tertiary/aromatic N) is 1. The Morgan fingerprint density at radius 2 is 2.28 bits per heavy atom. The highest BCUT2D eigenvalue weighted by Crippen LogP contribution is 2.10. The van der Waals surface area contributed by atoms with E-state index in [9.17, 15) is 9.59 Å². The fraction of sp³-hybridized carbons (Fsp3) is 0.500. The van der Waals surface area contributed by atoms with Gasteiger partial charge in [0.1, 0.15) is 11.7 Å². The SMILES string of the molecule is COC(=O)[C@H](C)NC(=O)c1csc(CCN)n1.Cl. The normalized spacial score (nSPS) is 11.3. The van der Waals surface area contributed by atoms with E-state index in [1.807, 2.05) is 0 Å². The van der Waals surface area contributed by atoms with E-state index in [0.29, 0.717) is 18.7 Å². The molecular weight excluding hydrogens is 278 g/mol. The predicted octanol–water partition coefficient (Wildman–Crippen LogP) is 0.357. The summed E-state index contributed by atoms with van der Waals surface area (Å²) in [4.78, 5) is 26.9. The van der Waals surface area contributed by atoms with Crippen LogP contribution in [0.2, 0.25) is 0 Å². The van der Waals surface area contributed by atoms with Crippen molar-refractivity contribution in [2.75, 3.05) is 13.7 Å². The number of halogens is 1. The van der Waals surface area contributed by atoms with Crippen molar-refractivity contribution in [2.45, 2.75) is 19.4 Å². The van der Waals surface area contributed by atoms with Gasteiger partial charge in [-0.15, -0.1) is 23.7 Å². The van der Waals surface area contributed by atoms with Crippen molar-refractivity contribution in [1.82, 2.24) is 10.3 Å². The van der Waals surface area contributed by atoms with Gasteiger partial charge in [0.15, 0.2) is 0 Å². The number of methoxy groups -OCH3 is 1. The Bertz CT molecular complexity index is 411. The minimum atomic E-state index is -0.688. The van der Waals surface area contributed by atoms with Gasteiger partial charge < -0.3 is 15.8 Å². The average Bonchev–Trinajstić information content (AvgIpc) is 2.77. The van der Waals surface area contributed by atoms with Crippen LogP contribution < -0.4 is 11.1 Å². The molecule has 0 spiro atoms. The largest absolute Gasteiger partial charge is 0.467 e. The molecule has 1 rings (SSSR count). The molecule has 0 unspecified atom stereocenters. The Morgan fingerprint density at radius 3 is 2.83 bits per heavy atom. The van der Waals surface area contributed by atoms with Gasteiger partial charge in [-0.25, -0.2) is 9.78 Å². The highest BCUT2D eigenvalue weighted by atomic mass is 35.5. The first-order valence-corrected chi connectivity index (χ1v) is 5.99. The third-order valence-electron chi connectivity index (χ3n) is 2.04. The molecule has 0 aromatic carbocycles. The van der Waals surface area contributed by atoms with Crippen LogP contribution in [-0.2, 0) is 16.0 Å². The van der Waals surface area contributed by atoms with E-state index >= 15 is 0 Å². The number of carbonyl (C=O) groups excluding carboxylic acids is 2. The molecular formula is C10H16ClN3O3S. The first kappa shape index (κ1) is 16.8. The number of esters is 1. The van der Waals surface area contributed by atoms with Crippen LogP contribution in [0.4, 0.5) is 0 Å². The standard InChI is InChI=1S/C10H15N3O3S.ClH/c1-6(10(15)16-2)12-9(14)7-5-17-8(13-7)3-4-11;/h5-6H,3-4,11H2,1-2H3,(H,12,14);1H/t6-;/m0./s1. The van der Waals surface area contributed by atoms with Crippen molar-refractivity contribution in [2.24, 2.45) is 5.73 Å². The molecule has 0 bridgehead atoms. The number of carbonyl (C=O) groups is 2. The number of thiazole rings is 1. The Morgan fingerprint density at radius 1 is 1.61 bits per heavy atom. The number of aromatic nitrogens is 1. The van der Waals surface area contributed by atoms with Crippen molar-refractivity contribution in [3.8, 4) is 0 Å². The Labute approximate surface area is 115 Å². The molecule has 1 aromatic heterocycles. The zero-order valence-corrected chi connectivity index (χ0v) is 11.8. The first-order chi connectivity index (χ1) is 8.08. The molecule has 0 aliphatic carbocycles. The van der Waals surface area contributed by atoms with Crippen LogP contribution in [0.15, 0.2) is 5.38 Å². The number of hydrogen-bond acceptors (Lipinski definition) is 6. The zero-order chi connectivity index (χ0) is 12.8. The summed E-state index contributed by atoms with van der Waals surface area (Å²) in [6.07, 6.45) is 0.643. The molecule has 8 heteroatoms. The molecule has 1 heterocycles. The van der Waals surface area contributed by atoms with Gasteiger partial charge in [-0.2, -0.15) is 0 Å². The number of rotatable bonds is 5. The molecule has 0 saturated carbocycles. The molecule has 1 aromatic rings. The van der Waals surface area contributed by atoms with Gasteiger partial charge in [0.2, 0.25) is 0 Å². The zero-order valence-electron chi connectivity index (χ0n) is 10.1. The molecule has 0 fully saturated rings. The Hall–Kier alpha value is -1.18. The van der Waals surface area contributed by atoms with E-state index in [2.05, 4.69) is 15.0 Å². The van der Waals surface area contributed by atoms with Gasteiger partial charge in [0.05, 0.1) is 12.1 Å². The van der Waals surface area contributed by atoms with E-state index in [4.69, 9.17) is 5.73 Å². The van der Waals surface area contributed by atoms with Crippen LogP contribution in [-0.4, -0.2) is 36.6 Å². The molecule has 0 aliphatic heterocycles. The summed E-state index contributed by atoms with van der Waals surface area (Å²) < 4.78 is 4.50. The summed E-state index contributed by atoms with van der Waals surface area (Å²) in [6.45, 7) is 2.05. The predicted molar refractivity (Wildman–Crippen MR) is 71.1 cm³/mol. The lowest BCUT2D eigenvalue weighted by molar-refractivity contribution is -0.142. The summed E-state index contributed by atoms with van der Waals surface area (Å²) >= 11 is 1.38. The van der Waals surface area contributed by atoms with Gasteiger partial charge in [-0.05, 0) is 13.5 Å². The molecule has 3 N–H and O–H groups in total. The van der Waals surface area contributed by atoms with Gasteiger partial charge >= 0.3 is 5.97 Å². The van der Waals surface area contributed by atoms with Crippen molar-refractivity contribution >= 4 is 35.6 Å². The van der Waals surface area contributed by atoms with Crippen molar-refractivity contribution in [3.05, 3.63) is 16.1 Å². The maximum Gasteiger partial charge on any atom is 0.328 e. The smallest absolute Gasteiger partial charge is 0.328 e. The van der Waals surface area contributed by atoms with E-state index in [0.717, 1.165) is 5.01 Å². The molecule has 102 valence electrons. The minimum absolute atomic E-state index is 0. The first-order valence-electron chi connectivity index (χ1n) is 5.11. The number of nitrogens with one attached hydrogen (secondary N) is 1. The third-order valence-corrected chi connectivity index (χ3v) is 2.95. The minimum Gasteiger partial charge on any atom is -0.467 e. The molecule has 6 nitrogen and oxygen atoms in total. The lowest BCUT2D eigenvalue weighted by atomic mass is 10.3. The fourth-order valence-corrected chi connectivity index (χ4v) is 1.95. The van der Waals surface area contributed by atoms with Gasteiger partial charge in [0, 0.05) is 11.8 Å². The van der Waals surface area contributed by atoms with Crippen molar-refractivity contribution in [3.63, 3.8) is 0 Å². The summed E-state index contributed by atoms with van der Waals surface area (Å²) in [5.74, 6) is -0.877. The van der Waals surface area contributed by atoms with Crippen LogP contribution in [0.5, 0.6) is 0 Å². The quantitative estimate of drug-likeness (QED) is 0.764. The Balaban J connectivity index is 0.00000289. The molecule has 1 amide bonds. The molecule has 0 aliphatic rings. The number of hydrogen-bond donors (Lipinski definition) is 2. The van der Waals surface area contributed by atoms with Crippen LogP contribution in [0.25, 0.3) is 0 Å². The molecule has 1 atom stereocenters. The van der Waals surface area contributed by atoms with E-state index in [-0.39, 0.29) is 18.3 Å². The third kappa shape index (κ3) is 4.59. The van der Waals surface area contributed by atoms with Crippen molar-refractivity contribution in [1.29, 1.82) is 0 Å². The fourth-order valence-electron chi connectivity index (χ4n) is 1.16. The van der Waals surface area contributed by atoms with Gasteiger partial charge in [-0.1, -0.05) is 0 Å². The highest BCUT2D eigenvalue weighted by molar-refractivity contribution is 7.09. The van der Waals surface area contributed by atoms with E-state index in [1.165, 1.54) is 18.4 Å². The molecule has 0 radical (unpaired) electrons. The number of nitrogens with two attached hydrogens (primary N) is 1. The summed E-state index contributed by atoms with van der Waals surface area (Å²) in [5, 5.41) is 4.95. The van der Waals surface area contributed by atoms with Gasteiger partial charge in [-0.3, -0.25) is 4.79 Å². The summed E-state index contributed by atoms with van der Waals surface area (Å²) in [7, 11) is 1.27. The number of ether oxygens (including phenoxy) is 1. The van der Waals surface area contributed by atoms with Crippen LogP contribution in [0.1, 0.15) is 22.4 Å². The van der Waals surface area contributed by atoms with Crippen molar-refractivity contribution < 1.29 is 14.3 Å². The second-order valence-electron chi connectivity index (χ2n) is 3.38. The summed E-state index contributed by atoms with van der Waals surface area (Å²) in [6, 6.07) is -0.688. The average molecular weight is 294 g/mol. The maximum atomic E-state index is 11.7. The highest BCUT2D eigenvalue weighted by Gasteiger charge is 2.18. The second kappa shape index (κ2) is 8.02. The number of amides is 1. The van der Waals surface area contributed by atoms with Crippen LogP contribution >= 0.6 is 23.7 Å². The molecule has 18 heavy (non-hydrogen) atoms. The lowest BCUT2D eigenvalue weighted by Crippen LogP contribution is -2.39. The monoisotopic (exact) mass is 293 g/mol. The lowest BCUT2D eigenvalue weighted by Gasteiger charge is -2.09. The van der Waals surface area contributed by atoms with Crippen LogP contribution in [0, 0.1) is 0 Å². The second-order valence-corrected chi connectivity index (χ2v) is 4.33. The molecule has 0 saturated heterocycles. The van der Waals surface area contributed by atoms with E-state index < -0.39 is 12.0 Å². The maximum absolute atomic E-state index is 11.7. The van der Waals surface area contributed by atoms with Crippen LogP contribution in [0.3, 0.4) is 0 Å². The topological polar surface area (TPSA) is 94.3 Å². The Kier molecular flexibility index (Phi) is 7.49. The van der Waals surface area contributed by atoms with Gasteiger partial charge in [0.25, 0.3) is 5.91 Å².